The second-order valence-electron chi connectivity index (χ2n) is 14.6. The summed E-state index contributed by atoms with van der Waals surface area (Å²) in [6, 6.07) is 13.0. The molecule has 0 aromatic heterocycles. The van der Waals surface area contributed by atoms with Crippen LogP contribution in [0.5, 0.6) is 34.5 Å². The highest BCUT2D eigenvalue weighted by Gasteiger charge is 2.69. The third kappa shape index (κ3) is 7.18. The fourth-order valence-corrected chi connectivity index (χ4v) is 7.74. The summed E-state index contributed by atoms with van der Waals surface area (Å²) in [5, 5.41) is 84.8. The van der Waals surface area contributed by atoms with Gasteiger partial charge in [-0.2, -0.15) is 0 Å². The number of aromatic hydroxyl groups is 2. The summed E-state index contributed by atoms with van der Waals surface area (Å²) in [5.41, 5.74) is -2.42. The molecule has 0 saturated carbocycles. The van der Waals surface area contributed by atoms with Crippen LogP contribution in [0.15, 0.2) is 93.9 Å². The molecule has 1 unspecified atom stereocenters. The van der Waals surface area contributed by atoms with Crippen molar-refractivity contribution in [2.45, 2.75) is 62.2 Å². The number of phenolic OH excluding ortho intramolecular Hbond substituents is 2. The summed E-state index contributed by atoms with van der Waals surface area (Å²) in [6.45, 7) is 2.03. The number of hydrogen-bond acceptors (Lipinski definition) is 14. The lowest BCUT2D eigenvalue weighted by molar-refractivity contribution is -0.337. The van der Waals surface area contributed by atoms with Crippen LogP contribution in [0.4, 0.5) is 0 Å². The molecule has 4 heterocycles. The number of aryl methyl sites for hydroxylation is 1. The smallest absolute Gasteiger partial charge is 0.336 e. The lowest BCUT2D eigenvalue weighted by atomic mass is 9.64. The van der Waals surface area contributed by atoms with Crippen molar-refractivity contribution < 1.29 is 69.6 Å². The number of aliphatic imine (C=N–C) groups is 3. The van der Waals surface area contributed by atoms with Crippen molar-refractivity contribution in [3.8, 4) is 34.5 Å². The highest BCUT2D eigenvalue weighted by Crippen LogP contribution is 2.53. The Labute approximate surface area is 336 Å². The lowest BCUT2D eigenvalue weighted by Crippen LogP contribution is -2.78. The van der Waals surface area contributed by atoms with Gasteiger partial charge in [0.15, 0.2) is 28.9 Å². The number of nitrogens with zero attached hydrogens (tertiary/aromatic N) is 3. The van der Waals surface area contributed by atoms with Crippen molar-refractivity contribution in [3.63, 3.8) is 0 Å². The molecule has 1 saturated heterocycles. The number of carbonyl (C=O) groups is 1. The Kier molecular flexibility index (Phi) is 10.2. The molecular formula is C42H41N4O13+. The monoisotopic (exact) mass is 809 g/mol. The molecule has 59 heavy (non-hydrogen) atoms. The quantitative estimate of drug-likeness (QED) is 0.115. The van der Waals surface area contributed by atoms with E-state index < -0.39 is 59.2 Å². The maximum absolute atomic E-state index is 12.7. The van der Waals surface area contributed by atoms with Gasteiger partial charge in [0.2, 0.25) is 12.0 Å². The number of carboxylic acid groups (broad SMARTS) is 1. The second kappa shape index (κ2) is 15.3. The minimum Gasteiger partial charge on any atom is -0.508 e. The molecule has 0 radical (unpaired) electrons. The van der Waals surface area contributed by atoms with E-state index in [0.717, 1.165) is 17.4 Å². The third-order valence-corrected chi connectivity index (χ3v) is 10.8. The van der Waals surface area contributed by atoms with E-state index in [1.807, 2.05) is 13.0 Å². The Hall–Kier alpha value is -6.53. The Bertz CT molecular complexity index is 2390. The zero-order valence-electron chi connectivity index (χ0n) is 31.5. The highest BCUT2D eigenvalue weighted by atomic mass is 16.7. The number of ether oxygens (including phenoxy) is 5. The number of aliphatic carboxylic acids is 1. The average molecular weight is 810 g/mol. The first-order valence-electron chi connectivity index (χ1n) is 18.7. The van der Waals surface area contributed by atoms with Crippen molar-refractivity contribution in [1.82, 2.24) is 0 Å². The number of phenols is 2. The van der Waals surface area contributed by atoms with Crippen LogP contribution in [0, 0.1) is 5.92 Å². The molecule has 4 aliphatic heterocycles. The fourth-order valence-electron chi connectivity index (χ4n) is 7.74. The molecule has 306 valence electrons. The first-order valence-corrected chi connectivity index (χ1v) is 18.7. The van der Waals surface area contributed by atoms with Gasteiger partial charge in [-0.3, -0.25) is 10.4 Å². The van der Waals surface area contributed by atoms with Gasteiger partial charge in [-0.1, -0.05) is 31.2 Å². The number of aliphatic hydroxyl groups excluding tert-OH is 2. The van der Waals surface area contributed by atoms with E-state index in [1.54, 1.807) is 42.5 Å². The van der Waals surface area contributed by atoms with Gasteiger partial charge in [-0.25, -0.2) is 9.79 Å². The highest BCUT2D eigenvalue weighted by molar-refractivity contribution is 6.13. The maximum Gasteiger partial charge on any atom is 0.336 e. The van der Waals surface area contributed by atoms with Crippen molar-refractivity contribution in [3.05, 3.63) is 101 Å². The summed E-state index contributed by atoms with van der Waals surface area (Å²) in [5.74, 6) is -3.78. The van der Waals surface area contributed by atoms with Crippen LogP contribution in [0.1, 0.15) is 41.7 Å². The van der Waals surface area contributed by atoms with E-state index in [1.165, 1.54) is 30.6 Å². The molecular weight excluding hydrogens is 768 g/mol. The van der Waals surface area contributed by atoms with Gasteiger partial charge >= 0.3 is 11.8 Å². The molecule has 17 nitrogen and oxygen atoms in total. The minimum atomic E-state index is -2.62. The van der Waals surface area contributed by atoms with Crippen LogP contribution in [0.2, 0.25) is 0 Å². The zero-order valence-corrected chi connectivity index (χ0v) is 31.5. The summed E-state index contributed by atoms with van der Waals surface area (Å²) < 4.78 is 30.1. The van der Waals surface area contributed by atoms with E-state index in [0.29, 0.717) is 42.2 Å². The van der Waals surface area contributed by atoms with Gasteiger partial charge in [0.1, 0.15) is 59.3 Å². The van der Waals surface area contributed by atoms with Crippen LogP contribution in [-0.4, -0.2) is 108 Å². The first-order chi connectivity index (χ1) is 28.3. The number of nitrogens with two attached hydrogens (primary N) is 1. The molecule has 9 N–H and O–H groups in total. The first kappa shape index (κ1) is 39.3. The Morgan fingerprint density at radius 2 is 1.81 bits per heavy atom. The number of rotatable bonds is 13. The fraction of sp³-hybridized carbons (Fsp3) is 0.310. The number of fused-ring (bicyclic) bond motifs is 3. The van der Waals surface area contributed by atoms with Gasteiger partial charge in [0.05, 0.1) is 24.8 Å². The van der Waals surface area contributed by atoms with Crippen LogP contribution in [0.3, 0.4) is 0 Å². The standard InChI is InChI=1S/C42H40N4O13/c1-2-21-13-22(15-25(47)14-21)19-56-36-32(58-40-41(53)11-9-27(28-18-44-20-45-28)42(54,39(41)52)37(59-40)38(50)51)17-31-34(35(36)49)29(48)16-30(57-31)23-3-6-26(7-4-23)55-12-10-24-5-8-33(43)46-24/h3-9,11,13-17,20,27,30,37,39-40,43,47-49,52-54H,2,10,12,18-19H2,1H3,(H,50,51)/p+1/t27-,30?,37-,39+,40-,41-,42-/m1/s1. The number of aliphatic hydroxyl groups is 4. The molecule has 3 aromatic rings. The third-order valence-electron chi connectivity index (χ3n) is 10.8. The summed E-state index contributed by atoms with van der Waals surface area (Å²) in [6.07, 6.45) is 2.45. The molecule has 8 rings (SSSR count). The Balaban J connectivity index is 1.12. The lowest BCUT2D eigenvalue weighted by Gasteiger charge is -2.55. The predicted octanol–water partition coefficient (Wildman–Crippen LogP) is 1.89. The minimum absolute atomic E-state index is 0.0206. The molecule has 0 spiro atoms. The van der Waals surface area contributed by atoms with Crippen molar-refractivity contribution in [2.75, 3.05) is 13.2 Å². The van der Waals surface area contributed by atoms with Gasteiger partial charge in [0, 0.05) is 24.6 Å². The molecule has 2 bridgehead atoms. The van der Waals surface area contributed by atoms with E-state index in [-0.39, 0.29) is 47.4 Å². The van der Waals surface area contributed by atoms with Crippen LogP contribution in [-0.2, 0) is 22.6 Å². The number of benzene rings is 3. The van der Waals surface area contributed by atoms with Crippen LogP contribution < -0.4 is 24.4 Å². The molecule has 5 aliphatic rings. The van der Waals surface area contributed by atoms with Crippen LogP contribution >= 0.6 is 0 Å². The molecule has 1 fully saturated rings. The second-order valence-corrected chi connectivity index (χ2v) is 14.6. The largest absolute Gasteiger partial charge is 0.508 e. The zero-order chi connectivity index (χ0) is 41.6. The van der Waals surface area contributed by atoms with Gasteiger partial charge in [0.25, 0.3) is 0 Å². The molecule has 7 atom stereocenters. The van der Waals surface area contributed by atoms with Crippen molar-refractivity contribution in [1.29, 1.82) is 0 Å². The van der Waals surface area contributed by atoms with Crippen molar-refractivity contribution in [2.24, 2.45) is 20.9 Å². The van der Waals surface area contributed by atoms with E-state index >= 15 is 0 Å². The average Bonchev–Trinajstić information content (AvgIpc) is 3.89. The normalized spacial score (nSPS) is 27.7. The van der Waals surface area contributed by atoms with Gasteiger partial charge in [-0.15, -0.1) is 0 Å². The number of carboxylic acids is 1. The number of allylic oxidation sites excluding steroid dienone is 1. The molecule has 0 amide bonds. The summed E-state index contributed by atoms with van der Waals surface area (Å²) in [4.78, 5) is 25.0. The van der Waals surface area contributed by atoms with E-state index in [2.05, 4.69) is 15.0 Å². The van der Waals surface area contributed by atoms with Gasteiger partial charge < -0.3 is 59.4 Å². The topological polar surface area (TPSA) is 267 Å². The Morgan fingerprint density at radius 1 is 1.03 bits per heavy atom. The van der Waals surface area contributed by atoms with Crippen molar-refractivity contribution >= 4 is 35.3 Å². The Morgan fingerprint density at radius 3 is 2.51 bits per heavy atom. The molecule has 3 aromatic carbocycles. The SMILES string of the molecule is CCc1cc(O)cc(COc2c(O[C@@H]3O[C@H](C(=O)O)[C@]4(O)[C@@H](C5=NC=NC5)C=C[C@@]3(O)[C@@H]4O)cc3c(c2O)C(O)=CC(c2ccc(OCCC4=NC(=[NH2+])C=C4)cc2)O3)c1. The van der Waals surface area contributed by atoms with Gasteiger partial charge in [-0.05, 0) is 64.5 Å². The van der Waals surface area contributed by atoms with Crippen LogP contribution in [0.25, 0.3) is 5.76 Å². The molecule has 1 aliphatic carbocycles. The summed E-state index contributed by atoms with van der Waals surface area (Å²) in [7, 11) is 0. The number of hydrogen-bond donors (Lipinski definition) is 8. The number of amidine groups is 1. The summed E-state index contributed by atoms with van der Waals surface area (Å²) >= 11 is 0. The maximum atomic E-state index is 12.7. The predicted molar refractivity (Wildman–Crippen MR) is 210 cm³/mol. The van der Waals surface area contributed by atoms with E-state index in [4.69, 9.17) is 29.1 Å². The van der Waals surface area contributed by atoms with E-state index in [9.17, 15) is 40.5 Å². The molecule has 17 heteroatoms.